The summed E-state index contributed by atoms with van der Waals surface area (Å²) in [5.74, 6) is 0. The number of hydrogen-bond acceptors (Lipinski definition) is 10. The highest BCUT2D eigenvalue weighted by atomic mass is 32.2. The van der Waals surface area contributed by atoms with Crippen LogP contribution in [-0.4, -0.2) is 80.2 Å². The molecule has 10 nitrogen and oxygen atoms in total. The zero-order chi connectivity index (χ0) is 26.9. The lowest BCUT2D eigenvalue weighted by Crippen LogP contribution is -2.64. The van der Waals surface area contributed by atoms with Crippen LogP contribution in [0.3, 0.4) is 0 Å². The SMILES string of the molecule is CN(C)c1ccc2cc(-c3ccc(/C=C(\C#N)S(=O)(=O)N[C@H]4C(O)O[C@H](CO)[C@@H](O)[C@@H]4O)s3)ccc2c1. The average Bonchev–Trinajstić information content (AvgIpc) is 3.35. The topological polar surface area (TPSA) is 163 Å². The van der Waals surface area contributed by atoms with Crippen molar-refractivity contribution in [1.29, 1.82) is 5.26 Å². The Kier molecular flexibility index (Phi) is 7.98. The first-order chi connectivity index (χ1) is 17.5. The van der Waals surface area contributed by atoms with Crippen LogP contribution >= 0.6 is 11.3 Å². The molecule has 0 radical (unpaired) electrons. The first-order valence-electron chi connectivity index (χ1n) is 11.3. The number of nitriles is 1. The fraction of sp³-hybridized carbons (Fsp3) is 0.320. The van der Waals surface area contributed by atoms with Gasteiger partial charge in [0.05, 0.1) is 6.61 Å². The first-order valence-corrected chi connectivity index (χ1v) is 13.6. The molecule has 1 aromatic heterocycles. The van der Waals surface area contributed by atoms with Crippen molar-refractivity contribution in [3.05, 3.63) is 58.3 Å². The molecule has 4 rings (SSSR count). The van der Waals surface area contributed by atoms with Gasteiger partial charge in [-0.3, -0.25) is 0 Å². The molecule has 0 aliphatic carbocycles. The van der Waals surface area contributed by atoms with Crippen molar-refractivity contribution in [2.24, 2.45) is 0 Å². The number of benzene rings is 2. The number of thiophene rings is 1. The predicted molar refractivity (Wildman–Crippen MR) is 141 cm³/mol. The fourth-order valence-corrected chi connectivity index (χ4v) is 6.18. The summed E-state index contributed by atoms with van der Waals surface area (Å²) >= 11 is 1.29. The van der Waals surface area contributed by atoms with Crippen molar-refractivity contribution in [3.8, 4) is 16.5 Å². The summed E-state index contributed by atoms with van der Waals surface area (Å²) in [5.41, 5.74) is 2.03. The summed E-state index contributed by atoms with van der Waals surface area (Å²) in [5, 5.41) is 51.2. The average molecular weight is 546 g/mol. The predicted octanol–water partition coefficient (Wildman–Crippen LogP) is 1.22. The number of rotatable bonds is 7. The lowest BCUT2D eigenvalue weighted by molar-refractivity contribution is -0.251. The number of allylic oxidation sites excluding steroid dienone is 1. The van der Waals surface area contributed by atoms with Crippen LogP contribution in [-0.2, 0) is 14.8 Å². The lowest BCUT2D eigenvalue weighted by Gasteiger charge is -2.40. The van der Waals surface area contributed by atoms with E-state index < -0.39 is 52.2 Å². The number of aliphatic hydroxyl groups excluding tert-OH is 4. The van der Waals surface area contributed by atoms with Crippen LogP contribution in [0.25, 0.3) is 27.3 Å². The molecule has 0 saturated carbocycles. The molecule has 37 heavy (non-hydrogen) atoms. The number of fused-ring (bicyclic) bond motifs is 1. The maximum atomic E-state index is 12.9. The number of aliphatic hydroxyl groups is 4. The highest BCUT2D eigenvalue weighted by molar-refractivity contribution is 7.93. The van der Waals surface area contributed by atoms with Gasteiger partial charge in [0.1, 0.15) is 30.4 Å². The third kappa shape index (κ3) is 5.69. The van der Waals surface area contributed by atoms with Gasteiger partial charge in [-0.25, -0.2) is 8.42 Å². The highest BCUT2D eigenvalue weighted by Crippen LogP contribution is 2.33. The van der Waals surface area contributed by atoms with E-state index in [0.717, 1.165) is 26.9 Å². The third-order valence-electron chi connectivity index (χ3n) is 6.12. The molecule has 1 aliphatic rings. The first kappa shape index (κ1) is 27.2. The van der Waals surface area contributed by atoms with Gasteiger partial charge in [-0.1, -0.05) is 18.2 Å². The van der Waals surface area contributed by atoms with Crippen molar-refractivity contribution in [2.45, 2.75) is 30.6 Å². The maximum absolute atomic E-state index is 12.9. The molecular weight excluding hydrogens is 518 g/mol. The Morgan fingerprint density at radius 1 is 1.11 bits per heavy atom. The van der Waals surface area contributed by atoms with Gasteiger partial charge in [0.15, 0.2) is 11.2 Å². The second-order valence-electron chi connectivity index (χ2n) is 8.84. The summed E-state index contributed by atoms with van der Waals surface area (Å²) in [4.78, 5) is 2.75. The van der Waals surface area contributed by atoms with Gasteiger partial charge in [0.25, 0.3) is 10.0 Å². The van der Waals surface area contributed by atoms with Gasteiger partial charge in [0, 0.05) is 29.5 Å². The molecule has 1 unspecified atom stereocenters. The van der Waals surface area contributed by atoms with Gasteiger partial charge >= 0.3 is 0 Å². The summed E-state index contributed by atoms with van der Waals surface area (Å²) in [6, 6.07) is 15.7. The molecule has 5 N–H and O–H groups in total. The zero-order valence-corrected chi connectivity index (χ0v) is 21.6. The Hall–Kier alpha value is -2.86. The Labute approximate surface area is 218 Å². The summed E-state index contributed by atoms with van der Waals surface area (Å²) in [6.45, 7) is -0.687. The molecule has 196 valence electrons. The largest absolute Gasteiger partial charge is 0.394 e. The molecule has 0 spiro atoms. The number of nitrogens with zero attached hydrogens (tertiary/aromatic N) is 2. The highest BCUT2D eigenvalue weighted by Gasteiger charge is 2.45. The summed E-state index contributed by atoms with van der Waals surface area (Å²) < 4.78 is 32.7. The van der Waals surface area contributed by atoms with Crippen molar-refractivity contribution >= 4 is 43.9 Å². The number of nitrogens with one attached hydrogen (secondary N) is 1. The lowest BCUT2D eigenvalue weighted by atomic mass is 9.98. The van der Waals surface area contributed by atoms with Crippen molar-refractivity contribution < 1.29 is 33.6 Å². The van der Waals surface area contributed by atoms with E-state index >= 15 is 0 Å². The normalized spacial score (nSPS) is 24.7. The molecule has 1 aliphatic heterocycles. The Bertz CT molecular complexity index is 1460. The van der Waals surface area contributed by atoms with Crippen molar-refractivity contribution in [2.75, 3.05) is 25.6 Å². The van der Waals surface area contributed by atoms with Crippen LogP contribution in [0.15, 0.2) is 53.4 Å². The minimum atomic E-state index is -4.50. The molecule has 1 saturated heterocycles. The zero-order valence-electron chi connectivity index (χ0n) is 20.0. The minimum Gasteiger partial charge on any atom is -0.394 e. The number of sulfonamides is 1. The van der Waals surface area contributed by atoms with Gasteiger partial charge < -0.3 is 30.1 Å². The monoisotopic (exact) mass is 545 g/mol. The van der Waals surface area contributed by atoms with Crippen molar-refractivity contribution in [1.82, 2.24) is 4.72 Å². The van der Waals surface area contributed by atoms with E-state index in [4.69, 9.17) is 4.74 Å². The van der Waals surface area contributed by atoms with Crippen LogP contribution in [0, 0.1) is 11.3 Å². The standard InChI is InChI=1S/C25H27N3O7S2/c1-28(2)17-6-5-14-9-16(4-3-15(14)10-17)21-8-7-18(36-21)11-19(12-26)37(33,34)27-22-24(31)23(30)20(13-29)35-25(22)32/h3-11,20,22-25,27,29-32H,13H2,1-2H3/b19-11+/t20-,22-,23-,24-,25?/m1/s1. The van der Waals surface area contributed by atoms with Gasteiger partial charge in [-0.05, 0) is 52.7 Å². The maximum Gasteiger partial charge on any atom is 0.251 e. The molecule has 5 atom stereocenters. The van der Waals surface area contributed by atoms with E-state index in [1.165, 1.54) is 17.4 Å². The molecule has 1 fully saturated rings. The number of ether oxygens (including phenoxy) is 1. The second-order valence-corrected chi connectivity index (χ2v) is 11.6. The van der Waals surface area contributed by atoms with Crippen LogP contribution in [0.4, 0.5) is 5.69 Å². The van der Waals surface area contributed by atoms with E-state index in [2.05, 4.69) is 6.07 Å². The van der Waals surface area contributed by atoms with Crippen LogP contribution < -0.4 is 9.62 Å². The second kappa shape index (κ2) is 10.9. The molecule has 12 heteroatoms. The van der Waals surface area contributed by atoms with E-state index in [0.29, 0.717) is 4.88 Å². The quantitative estimate of drug-likeness (QED) is 0.275. The summed E-state index contributed by atoms with van der Waals surface area (Å²) in [7, 11) is -0.546. The number of hydrogen-bond donors (Lipinski definition) is 5. The smallest absolute Gasteiger partial charge is 0.251 e. The minimum absolute atomic E-state index is 0.501. The molecule has 2 aromatic carbocycles. The fourth-order valence-electron chi connectivity index (χ4n) is 4.02. The number of anilines is 1. The van der Waals surface area contributed by atoms with E-state index in [-0.39, 0.29) is 0 Å². The molecule has 0 amide bonds. The summed E-state index contributed by atoms with van der Waals surface area (Å²) in [6.07, 6.45) is -5.36. The van der Waals surface area contributed by atoms with Crippen LogP contribution in [0.5, 0.6) is 0 Å². The van der Waals surface area contributed by atoms with Crippen molar-refractivity contribution in [3.63, 3.8) is 0 Å². The third-order valence-corrected chi connectivity index (χ3v) is 8.57. The molecule has 3 aromatic rings. The van der Waals surface area contributed by atoms with E-state index in [9.17, 15) is 34.1 Å². The molecule has 0 bridgehead atoms. The van der Waals surface area contributed by atoms with Gasteiger partial charge in [-0.15, -0.1) is 11.3 Å². The Morgan fingerprint density at radius 3 is 2.49 bits per heavy atom. The van der Waals surface area contributed by atoms with E-state index in [1.54, 1.807) is 12.1 Å². The molecule has 2 heterocycles. The van der Waals surface area contributed by atoms with Crippen LogP contribution in [0.2, 0.25) is 0 Å². The Balaban J connectivity index is 1.56. The van der Waals surface area contributed by atoms with Gasteiger partial charge in [-0.2, -0.15) is 9.98 Å². The van der Waals surface area contributed by atoms with Crippen LogP contribution in [0.1, 0.15) is 4.88 Å². The molecular formula is C25H27N3O7S2. The van der Waals surface area contributed by atoms with E-state index in [1.807, 2.05) is 60.1 Å². The van der Waals surface area contributed by atoms with Gasteiger partial charge in [0.2, 0.25) is 0 Å². The Morgan fingerprint density at radius 2 is 1.81 bits per heavy atom.